The number of benzene rings is 1. The van der Waals surface area contributed by atoms with E-state index in [4.69, 9.17) is 9.47 Å². The van der Waals surface area contributed by atoms with Crippen LogP contribution in [-0.2, 0) is 17.8 Å². The van der Waals surface area contributed by atoms with Crippen molar-refractivity contribution in [1.82, 2.24) is 14.7 Å². The Morgan fingerprint density at radius 2 is 1.88 bits per heavy atom. The highest BCUT2D eigenvalue weighted by atomic mass is 16.5. The summed E-state index contributed by atoms with van der Waals surface area (Å²) in [5, 5.41) is 0. The van der Waals surface area contributed by atoms with Crippen LogP contribution in [0.15, 0.2) is 12.1 Å². The molecule has 0 bridgehead atoms. The third-order valence-electron chi connectivity index (χ3n) is 5.74. The predicted octanol–water partition coefficient (Wildman–Crippen LogP) is 1.61. The topological polar surface area (TPSA) is 45.3 Å². The van der Waals surface area contributed by atoms with E-state index in [9.17, 15) is 4.79 Å². The molecule has 1 aromatic carbocycles. The molecule has 0 aliphatic carbocycles. The van der Waals surface area contributed by atoms with Crippen LogP contribution in [0.5, 0.6) is 11.5 Å². The number of ether oxygens (including phenoxy) is 2. The fourth-order valence-electron chi connectivity index (χ4n) is 3.98. The molecular formula is C20H31N3O3. The minimum atomic E-state index is 0.239. The van der Waals surface area contributed by atoms with E-state index in [-0.39, 0.29) is 5.91 Å². The Labute approximate surface area is 156 Å². The summed E-state index contributed by atoms with van der Waals surface area (Å²) >= 11 is 0. The maximum absolute atomic E-state index is 12.7. The van der Waals surface area contributed by atoms with Crippen molar-refractivity contribution in [1.29, 1.82) is 0 Å². The molecule has 0 aromatic heterocycles. The smallest absolute Gasteiger partial charge is 0.224 e. The van der Waals surface area contributed by atoms with Gasteiger partial charge in [-0.2, -0.15) is 0 Å². The highest BCUT2D eigenvalue weighted by molar-refractivity contribution is 5.76. The zero-order valence-electron chi connectivity index (χ0n) is 16.5. The normalized spacial score (nSPS) is 20.3. The van der Waals surface area contributed by atoms with Crippen LogP contribution in [0, 0.1) is 0 Å². The molecule has 6 heteroatoms. The van der Waals surface area contributed by atoms with Gasteiger partial charge in [0.2, 0.25) is 5.91 Å². The maximum atomic E-state index is 12.7. The molecule has 0 spiro atoms. The van der Waals surface area contributed by atoms with E-state index in [2.05, 4.69) is 23.9 Å². The summed E-state index contributed by atoms with van der Waals surface area (Å²) in [6, 6.07) is 4.63. The van der Waals surface area contributed by atoms with E-state index < -0.39 is 0 Å². The second-order valence-electron chi connectivity index (χ2n) is 7.48. The Hall–Kier alpha value is -1.79. The van der Waals surface area contributed by atoms with Crippen molar-refractivity contribution in [3.63, 3.8) is 0 Å². The van der Waals surface area contributed by atoms with Gasteiger partial charge in [-0.05, 0) is 56.7 Å². The summed E-state index contributed by atoms with van der Waals surface area (Å²) in [5.74, 6) is 1.73. The first-order chi connectivity index (χ1) is 12.5. The molecular weight excluding hydrogens is 330 g/mol. The van der Waals surface area contributed by atoms with Gasteiger partial charge in [0, 0.05) is 38.6 Å². The second-order valence-corrected chi connectivity index (χ2v) is 7.48. The van der Waals surface area contributed by atoms with E-state index in [1.807, 2.05) is 17.0 Å². The van der Waals surface area contributed by atoms with E-state index in [0.29, 0.717) is 19.0 Å². The molecule has 1 atom stereocenters. The number of likely N-dealkylation sites (tertiary alicyclic amines) is 1. The SMILES string of the molecule is COc1cc2c(cc1OC)CN(C(=O)CCN(C)[C@H]1CCN(C)C1)CC2. The van der Waals surface area contributed by atoms with Crippen molar-refractivity contribution < 1.29 is 14.3 Å². The monoisotopic (exact) mass is 361 g/mol. The van der Waals surface area contributed by atoms with Gasteiger partial charge >= 0.3 is 0 Å². The lowest BCUT2D eigenvalue weighted by Crippen LogP contribution is -2.40. The number of carbonyl (C=O) groups is 1. The van der Waals surface area contributed by atoms with Crippen LogP contribution < -0.4 is 9.47 Å². The standard InChI is InChI=1S/C20H31N3O3/c1-21-8-6-17(14-21)22(2)9-7-20(24)23-10-5-15-11-18(25-3)19(26-4)12-16(15)13-23/h11-12,17H,5-10,13-14H2,1-4H3/t17-/m0/s1. The van der Waals surface area contributed by atoms with Crippen molar-refractivity contribution in [2.75, 3.05) is 54.5 Å². The van der Waals surface area contributed by atoms with Gasteiger partial charge in [-0.25, -0.2) is 0 Å². The van der Waals surface area contributed by atoms with Gasteiger partial charge in [0.05, 0.1) is 14.2 Å². The van der Waals surface area contributed by atoms with Crippen LogP contribution in [-0.4, -0.2) is 81.1 Å². The summed E-state index contributed by atoms with van der Waals surface area (Å²) in [4.78, 5) is 19.4. The van der Waals surface area contributed by atoms with E-state index in [0.717, 1.165) is 49.7 Å². The summed E-state index contributed by atoms with van der Waals surface area (Å²) in [6.45, 7) is 4.51. The third kappa shape index (κ3) is 4.13. The molecule has 0 radical (unpaired) electrons. The van der Waals surface area contributed by atoms with Crippen molar-refractivity contribution in [2.24, 2.45) is 0 Å². The lowest BCUT2D eigenvalue weighted by atomic mass is 9.98. The minimum Gasteiger partial charge on any atom is -0.493 e. The zero-order valence-corrected chi connectivity index (χ0v) is 16.5. The number of likely N-dealkylation sites (N-methyl/N-ethyl adjacent to an activating group) is 2. The number of methoxy groups -OCH3 is 2. The molecule has 0 N–H and O–H groups in total. The van der Waals surface area contributed by atoms with Crippen LogP contribution in [0.4, 0.5) is 0 Å². The quantitative estimate of drug-likeness (QED) is 0.770. The van der Waals surface area contributed by atoms with Gasteiger partial charge < -0.3 is 24.2 Å². The van der Waals surface area contributed by atoms with E-state index in [1.165, 1.54) is 12.0 Å². The number of hydrogen-bond donors (Lipinski definition) is 0. The molecule has 1 amide bonds. The summed E-state index contributed by atoms with van der Waals surface area (Å²) in [6.07, 6.45) is 2.64. The zero-order chi connectivity index (χ0) is 18.7. The van der Waals surface area contributed by atoms with Gasteiger partial charge in [-0.1, -0.05) is 0 Å². The van der Waals surface area contributed by atoms with Gasteiger partial charge in [-0.15, -0.1) is 0 Å². The third-order valence-corrected chi connectivity index (χ3v) is 5.74. The molecule has 1 saturated heterocycles. The van der Waals surface area contributed by atoms with Crippen LogP contribution in [0.2, 0.25) is 0 Å². The molecule has 0 unspecified atom stereocenters. The number of nitrogens with zero attached hydrogens (tertiary/aromatic N) is 3. The fraction of sp³-hybridized carbons (Fsp3) is 0.650. The summed E-state index contributed by atoms with van der Waals surface area (Å²) in [5.41, 5.74) is 2.41. The average molecular weight is 361 g/mol. The van der Waals surface area contributed by atoms with Crippen molar-refractivity contribution in [2.45, 2.75) is 31.8 Å². The Bertz CT molecular complexity index is 649. The van der Waals surface area contributed by atoms with Crippen LogP contribution in [0.3, 0.4) is 0 Å². The number of rotatable bonds is 6. The molecule has 6 nitrogen and oxygen atoms in total. The van der Waals surface area contributed by atoms with Gasteiger partial charge in [0.25, 0.3) is 0 Å². The Morgan fingerprint density at radius 3 is 2.50 bits per heavy atom. The Balaban J connectivity index is 1.57. The largest absolute Gasteiger partial charge is 0.493 e. The number of amides is 1. The van der Waals surface area contributed by atoms with Gasteiger partial charge in [-0.3, -0.25) is 4.79 Å². The molecule has 2 aliphatic heterocycles. The highest BCUT2D eigenvalue weighted by Gasteiger charge is 2.26. The number of hydrogen-bond acceptors (Lipinski definition) is 5. The van der Waals surface area contributed by atoms with E-state index >= 15 is 0 Å². The molecule has 2 heterocycles. The molecule has 3 rings (SSSR count). The lowest BCUT2D eigenvalue weighted by molar-refractivity contribution is -0.132. The second kappa shape index (κ2) is 8.27. The van der Waals surface area contributed by atoms with Crippen LogP contribution in [0.25, 0.3) is 0 Å². The first kappa shape index (κ1) is 19.0. The molecule has 0 saturated carbocycles. The lowest BCUT2D eigenvalue weighted by Gasteiger charge is -2.31. The minimum absolute atomic E-state index is 0.239. The Kier molecular flexibility index (Phi) is 6.04. The summed E-state index contributed by atoms with van der Waals surface area (Å²) in [7, 11) is 7.60. The average Bonchev–Trinajstić information content (AvgIpc) is 3.10. The first-order valence-electron chi connectivity index (χ1n) is 9.42. The van der Waals surface area contributed by atoms with Crippen molar-refractivity contribution in [3.8, 4) is 11.5 Å². The van der Waals surface area contributed by atoms with Gasteiger partial charge in [0.15, 0.2) is 11.5 Å². The maximum Gasteiger partial charge on any atom is 0.224 e. The van der Waals surface area contributed by atoms with Crippen molar-refractivity contribution >= 4 is 5.91 Å². The van der Waals surface area contributed by atoms with Crippen molar-refractivity contribution in [3.05, 3.63) is 23.3 Å². The van der Waals surface area contributed by atoms with Gasteiger partial charge in [0.1, 0.15) is 0 Å². The highest BCUT2D eigenvalue weighted by Crippen LogP contribution is 2.33. The Morgan fingerprint density at radius 1 is 1.19 bits per heavy atom. The summed E-state index contributed by atoms with van der Waals surface area (Å²) < 4.78 is 10.8. The molecule has 144 valence electrons. The first-order valence-corrected chi connectivity index (χ1v) is 9.42. The molecule has 2 aliphatic rings. The van der Waals surface area contributed by atoms with Crippen LogP contribution in [0.1, 0.15) is 24.0 Å². The number of fused-ring (bicyclic) bond motifs is 1. The predicted molar refractivity (Wildman–Crippen MR) is 102 cm³/mol. The van der Waals surface area contributed by atoms with E-state index in [1.54, 1.807) is 14.2 Å². The molecule has 1 fully saturated rings. The molecule has 26 heavy (non-hydrogen) atoms. The fourth-order valence-corrected chi connectivity index (χ4v) is 3.98. The molecule has 1 aromatic rings. The van der Waals surface area contributed by atoms with Crippen LogP contribution >= 0.6 is 0 Å². The number of carbonyl (C=O) groups excluding carboxylic acids is 1.